The maximum Gasteiger partial charge on any atom is 0.132 e. The Labute approximate surface area is 120 Å². The van der Waals surface area contributed by atoms with Crippen LogP contribution in [0.1, 0.15) is 51.0 Å². The van der Waals surface area contributed by atoms with Crippen molar-refractivity contribution in [3.63, 3.8) is 0 Å². The number of hydrogen-bond donors (Lipinski definition) is 1. The van der Waals surface area contributed by atoms with Gasteiger partial charge in [0.2, 0.25) is 0 Å². The van der Waals surface area contributed by atoms with Crippen molar-refractivity contribution in [2.75, 3.05) is 5.32 Å². The predicted octanol–water partition coefficient (Wildman–Crippen LogP) is 4.38. The van der Waals surface area contributed by atoms with E-state index in [0.717, 1.165) is 12.2 Å². The summed E-state index contributed by atoms with van der Waals surface area (Å²) < 4.78 is 0. The first-order valence-electron chi connectivity index (χ1n) is 7.07. The van der Waals surface area contributed by atoms with E-state index in [1.807, 2.05) is 0 Å². The molecule has 1 N–H and O–H groups in total. The average molecular weight is 278 g/mol. The zero-order valence-electron chi connectivity index (χ0n) is 11.3. The Morgan fingerprint density at radius 3 is 2.79 bits per heavy atom. The molecule has 0 bridgehead atoms. The highest BCUT2D eigenvalue weighted by Crippen LogP contribution is 2.29. The minimum atomic E-state index is 0.375. The van der Waals surface area contributed by atoms with Crippen LogP contribution < -0.4 is 5.32 Å². The van der Waals surface area contributed by atoms with Gasteiger partial charge in [0.25, 0.3) is 0 Å². The smallest absolute Gasteiger partial charge is 0.132 e. The van der Waals surface area contributed by atoms with Crippen molar-refractivity contribution in [3.05, 3.63) is 22.8 Å². The van der Waals surface area contributed by atoms with Crippen LogP contribution in [0, 0.1) is 17.2 Å². The SMILES string of the molecule is CCC(Nc1cc(C#N)cc(Cl)n1)C1CCCCC1. The van der Waals surface area contributed by atoms with Gasteiger partial charge in [0.15, 0.2) is 0 Å². The summed E-state index contributed by atoms with van der Waals surface area (Å²) in [5.74, 6) is 1.44. The summed E-state index contributed by atoms with van der Waals surface area (Å²) in [6.07, 6.45) is 7.67. The minimum Gasteiger partial charge on any atom is -0.367 e. The molecule has 0 aromatic carbocycles. The number of nitriles is 1. The van der Waals surface area contributed by atoms with E-state index >= 15 is 0 Å². The van der Waals surface area contributed by atoms with E-state index in [-0.39, 0.29) is 0 Å². The molecular formula is C15H20ClN3. The summed E-state index contributed by atoms with van der Waals surface area (Å²) in [5.41, 5.74) is 0.556. The highest BCUT2D eigenvalue weighted by atomic mass is 35.5. The normalized spacial score (nSPS) is 17.7. The molecule has 0 saturated heterocycles. The van der Waals surface area contributed by atoms with E-state index in [4.69, 9.17) is 16.9 Å². The van der Waals surface area contributed by atoms with Crippen molar-refractivity contribution < 1.29 is 0 Å². The molecule has 1 aliphatic carbocycles. The molecule has 1 aliphatic rings. The van der Waals surface area contributed by atoms with Crippen LogP contribution in [0.25, 0.3) is 0 Å². The Kier molecular flexibility index (Phi) is 5.04. The van der Waals surface area contributed by atoms with Crippen molar-refractivity contribution in [1.82, 2.24) is 4.98 Å². The van der Waals surface area contributed by atoms with Crippen LogP contribution in [0.15, 0.2) is 12.1 Å². The summed E-state index contributed by atoms with van der Waals surface area (Å²) >= 11 is 5.94. The number of rotatable bonds is 4. The van der Waals surface area contributed by atoms with E-state index < -0.39 is 0 Å². The van der Waals surface area contributed by atoms with E-state index in [1.165, 1.54) is 32.1 Å². The van der Waals surface area contributed by atoms with Gasteiger partial charge in [-0.05, 0) is 37.3 Å². The maximum absolute atomic E-state index is 8.96. The fourth-order valence-electron chi connectivity index (χ4n) is 2.92. The van der Waals surface area contributed by atoms with Gasteiger partial charge in [-0.15, -0.1) is 0 Å². The van der Waals surface area contributed by atoms with Crippen molar-refractivity contribution in [3.8, 4) is 6.07 Å². The van der Waals surface area contributed by atoms with Crippen LogP contribution in [0.2, 0.25) is 5.15 Å². The number of nitrogens with one attached hydrogen (secondary N) is 1. The van der Waals surface area contributed by atoms with Crippen LogP contribution in [-0.2, 0) is 0 Å². The average Bonchev–Trinajstić information content (AvgIpc) is 2.45. The summed E-state index contributed by atoms with van der Waals surface area (Å²) in [4.78, 5) is 4.27. The quantitative estimate of drug-likeness (QED) is 0.831. The van der Waals surface area contributed by atoms with Gasteiger partial charge >= 0.3 is 0 Å². The van der Waals surface area contributed by atoms with Gasteiger partial charge in [0.05, 0.1) is 11.6 Å². The first-order chi connectivity index (χ1) is 9.22. The van der Waals surface area contributed by atoms with Gasteiger partial charge in [-0.25, -0.2) is 4.98 Å². The molecule has 1 aromatic heterocycles. The first kappa shape index (κ1) is 14.1. The predicted molar refractivity (Wildman–Crippen MR) is 78.2 cm³/mol. The van der Waals surface area contributed by atoms with Crippen molar-refractivity contribution in [1.29, 1.82) is 5.26 Å². The summed E-state index contributed by atoms with van der Waals surface area (Å²) in [6.45, 7) is 2.20. The van der Waals surface area contributed by atoms with E-state index in [2.05, 4.69) is 23.3 Å². The van der Waals surface area contributed by atoms with Crippen LogP contribution in [-0.4, -0.2) is 11.0 Å². The third-order valence-corrected chi connectivity index (χ3v) is 4.11. The van der Waals surface area contributed by atoms with Crippen LogP contribution in [0.4, 0.5) is 5.82 Å². The standard InChI is InChI=1S/C15H20ClN3/c1-2-13(12-6-4-3-5-7-12)18-15-9-11(10-17)8-14(16)19-15/h8-9,12-13H,2-7H2,1H3,(H,18,19). The zero-order valence-corrected chi connectivity index (χ0v) is 12.1. The Balaban J connectivity index is 2.09. The molecule has 0 amide bonds. The Hall–Kier alpha value is -1.27. The van der Waals surface area contributed by atoms with Gasteiger partial charge in [-0.1, -0.05) is 37.8 Å². The Bertz CT molecular complexity index is 461. The van der Waals surface area contributed by atoms with Crippen LogP contribution >= 0.6 is 11.6 Å². The lowest BCUT2D eigenvalue weighted by Crippen LogP contribution is -2.30. The molecule has 0 spiro atoms. The van der Waals surface area contributed by atoms with Gasteiger partial charge < -0.3 is 5.32 Å². The lowest BCUT2D eigenvalue weighted by atomic mass is 9.83. The number of pyridine rings is 1. The summed E-state index contributed by atoms with van der Waals surface area (Å²) in [7, 11) is 0. The molecule has 2 rings (SSSR count). The molecule has 1 saturated carbocycles. The molecule has 1 heterocycles. The highest BCUT2D eigenvalue weighted by Gasteiger charge is 2.22. The molecule has 1 atom stereocenters. The second kappa shape index (κ2) is 6.77. The molecule has 1 aromatic rings. The number of aromatic nitrogens is 1. The van der Waals surface area contributed by atoms with Gasteiger partial charge in [0, 0.05) is 6.04 Å². The number of nitrogens with zero attached hydrogens (tertiary/aromatic N) is 2. The monoisotopic (exact) mass is 277 g/mol. The van der Waals surface area contributed by atoms with Crippen molar-refractivity contribution in [2.24, 2.45) is 5.92 Å². The lowest BCUT2D eigenvalue weighted by molar-refractivity contribution is 0.312. The molecule has 0 aliphatic heterocycles. The van der Waals surface area contributed by atoms with Crippen LogP contribution in [0.5, 0.6) is 0 Å². The first-order valence-corrected chi connectivity index (χ1v) is 7.45. The number of anilines is 1. The summed E-state index contributed by atoms with van der Waals surface area (Å²) in [5, 5.41) is 12.8. The van der Waals surface area contributed by atoms with Gasteiger partial charge in [-0.2, -0.15) is 5.26 Å². The lowest BCUT2D eigenvalue weighted by Gasteiger charge is -2.30. The topological polar surface area (TPSA) is 48.7 Å². The minimum absolute atomic E-state index is 0.375. The van der Waals surface area contributed by atoms with E-state index in [0.29, 0.717) is 22.7 Å². The van der Waals surface area contributed by atoms with E-state index in [1.54, 1.807) is 12.1 Å². The highest BCUT2D eigenvalue weighted by molar-refractivity contribution is 6.29. The van der Waals surface area contributed by atoms with Crippen molar-refractivity contribution in [2.45, 2.75) is 51.5 Å². The van der Waals surface area contributed by atoms with Gasteiger partial charge in [-0.3, -0.25) is 0 Å². The Morgan fingerprint density at radius 1 is 1.42 bits per heavy atom. The third kappa shape index (κ3) is 3.84. The molecule has 3 nitrogen and oxygen atoms in total. The zero-order chi connectivity index (χ0) is 13.7. The second-order valence-electron chi connectivity index (χ2n) is 5.23. The maximum atomic E-state index is 8.96. The number of halogens is 1. The molecule has 19 heavy (non-hydrogen) atoms. The molecule has 1 unspecified atom stereocenters. The molecular weight excluding hydrogens is 258 g/mol. The van der Waals surface area contributed by atoms with E-state index in [9.17, 15) is 0 Å². The summed E-state index contributed by atoms with van der Waals surface area (Å²) in [6, 6.07) is 5.91. The molecule has 102 valence electrons. The fraction of sp³-hybridized carbons (Fsp3) is 0.600. The Morgan fingerprint density at radius 2 is 2.16 bits per heavy atom. The largest absolute Gasteiger partial charge is 0.367 e. The van der Waals surface area contributed by atoms with Crippen molar-refractivity contribution >= 4 is 17.4 Å². The van der Waals surface area contributed by atoms with Gasteiger partial charge in [0.1, 0.15) is 11.0 Å². The van der Waals surface area contributed by atoms with Crippen LogP contribution in [0.3, 0.4) is 0 Å². The third-order valence-electron chi connectivity index (χ3n) is 3.92. The molecule has 1 fully saturated rings. The number of hydrogen-bond acceptors (Lipinski definition) is 3. The molecule has 4 heteroatoms. The molecule has 0 radical (unpaired) electrons. The fourth-order valence-corrected chi connectivity index (χ4v) is 3.12. The second-order valence-corrected chi connectivity index (χ2v) is 5.62.